The molecule has 0 N–H and O–H groups in total. The van der Waals surface area contributed by atoms with Gasteiger partial charge in [0.1, 0.15) is 36.6 Å². The zero-order valence-electron chi connectivity index (χ0n) is 26.0. The first-order valence-electron chi connectivity index (χ1n) is 15.0. The highest BCUT2D eigenvalue weighted by molar-refractivity contribution is 5.14. The second-order valence-electron chi connectivity index (χ2n) is 11.7. The van der Waals surface area contributed by atoms with Gasteiger partial charge in [0.2, 0.25) is 0 Å². The molecule has 3 heterocycles. The van der Waals surface area contributed by atoms with E-state index in [0.29, 0.717) is 19.8 Å². The van der Waals surface area contributed by atoms with Crippen molar-refractivity contribution in [3.63, 3.8) is 0 Å². The van der Waals surface area contributed by atoms with Crippen molar-refractivity contribution in [1.82, 2.24) is 0 Å². The van der Waals surface area contributed by atoms with Crippen molar-refractivity contribution in [3.05, 3.63) is 71.8 Å². The Bertz CT molecular complexity index is 1100. The number of ether oxygens (including phenoxy) is 10. The van der Waals surface area contributed by atoms with Gasteiger partial charge in [0.15, 0.2) is 18.4 Å². The van der Waals surface area contributed by atoms with E-state index in [-0.39, 0.29) is 18.6 Å². The number of benzene rings is 2. The Morgan fingerprint density at radius 3 is 2.02 bits per heavy atom. The van der Waals surface area contributed by atoms with Crippen molar-refractivity contribution >= 4 is 0 Å². The monoisotopic (exact) mass is 602 g/mol. The maximum Gasteiger partial charge on any atom is 0.187 e. The van der Waals surface area contributed by atoms with Crippen LogP contribution in [0.25, 0.3) is 0 Å². The van der Waals surface area contributed by atoms with Crippen LogP contribution in [0, 0.1) is 5.92 Å². The lowest BCUT2D eigenvalue weighted by atomic mass is 9.89. The first-order valence-corrected chi connectivity index (χ1v) is 15.0. The van der Waals surface area contributed by atoms with Crippen LogP contribution in [0.4, 0.5) is 0 Å². The molecule has 10 heteroatoms. The molecule has 10 nitrogen and oxygen atoms in total. The van der Waals surface area contributed by atoms with E-state index in [4.69, 9.17) is 47.4 Å². The predicted molar refractivity (Wildman–Crippen MR) is 156 cm³/mol. The summed E-state index contributed by atoms with van der Waals surface area (Å²) >= 11 is 0. The quantitative estimate of drug-likeness (QED) is 0.354. The van der Waals surface area contributed by atoms with Crippen LogP contribution >= 0.6 is 0 Å². The lowest BCUT2D eigenvalue weighted by molar-refractivity contribution is -0.400. The largest absolute Gasteiger partial charge is 0.376 e. The Labute approximate surface area is 254 Å². The van der Waals surface area contributed by atoms with Gasteiger partial charge in [-0.05, 0) is 25.0 Å². The molecule has 10 atom stereocenters. The van der Waals surface area contributed by atoms with Crippen LogP contribution in [-0.4, -0.2) is 95.6 Å². The molecule has 0 amide bonds. The molecule has 0 spiro atoms. The zero-order valence-corrected chi connectivity index (χ0v) is 26.0. The summed E-state index contributed by atoms with van der Waals surface area (Å²) in [5, 5.41) is 0. The molecule has 238 valence electrons. The number of fused-ring (bicyclic) bond motifs is 1. The molecule has 3 aliphatic heterocycles. The van der Waals surface area contributed by atoms with Crippen LogP contribution in [0.5, 0.6) is 0 Å². The summed E-state index contributed by atoms with van der Waals surface area (Å²) in [6, 6.07) is 20.0. The van der Waals surface area contributed by atoms with Gasteiger partial charge in [-0.3, -0.25) is 0 Å². The van der Waals surface area contributed by atoms with Crippen molar-refractivity contribution in [3.8, 4) is 0 Å². The molecule has 2 aromatic rings. The standard InChI is InChI=1S/C33H46O10/c1-21-26(42-32-30(35-5)29(34-4)28-25(41-32)20-39-33(2,3)43-28)24(19-37-17-22-13-9-7-10-14-22)40-31(36-6)27(21)38-18-23-15-11-8-12-16-23/h7-16,21,24-32H,17-20H2,1-6H3/t21?,24-,25?,26+,27?,28+,29-,30?,31+,32+/m1/s1. The Hall–Kier alpha value is -1.96. The van der Waals surface area contributed by atoms with Crippen molar-refractivity contribution in [2.45, 2.75) is 95.1 Å². The molecular formula is C33H46O10. The summed E-state index contributed by atoms with van der Waals surface area (Å²) in [7, 11) is 4.89. The highest BCUT2D eigenvalue weighted by atomic mass is 16.8. The summed E-state index contributed by atoms with van der Waals surface area (Å²) < 4.78 is 62.1. The number of rotatable bonds is 12. The summed E-state index contributed by atoms with van der Waals surface area (Å²) in [6.07, 6.45) is -4.58. The molecule has 0 saturated carbocycles. The van der Waals surface area contributed by atoms with Crippen LogP contribution < -0.4 is 0 Å². The average molecular weight is 603 g/mol. The molecule has 3 saturated heterocycles. The highest BCUT2D eigenvalue weighted by Gasteiger charge is 2.55. The highest BCUT2D eigenvalue weighted by Crippen LogP contribution is 2.38. The Morgan fingerprint density at radius 2 is 1.40 bits per heavy atom. The van der Waals surface area contributed by atoms with Gasteiger partial charge >= 0.3 is 0 Å². The predicted octanol–water partition coefficient (Wildman–Crippen LogP) is 4.09. The molecule has 3 fully saturated rings. The summed E-state index contributed by atoms with van der Waals surface area (Å²) in [4.78, 5) is 0. The fourth-order valence-electron chi connectivity index (χ4n) is 6.08. The SMILES string of the molecule is COC1[C@H](O[C@H]2C(C)C(OCc3ccccc3)[C@@H](OC)O[C@@H]2COCc2ccccc2)OC2COC(C)(C)O[C@@H]2[C@H]1OC. The summed E-state index contributed by atoms with van der Waals surface area (Å²) in [6.45, 7) is 7.29. The minimum absolute atomic E-state index is 0.162. The molecular weight excluding hydrogens is 556 g/mol. The normalized spacial score (nSPS) is 35.8. The third-order valence-electron chi connectivity index (χ3n) is 8.33. The molecule has 0 radical (unpaired) electrons. The maximum atomic E-state index is 6.79. The molecule has 2 aromatic carbocycles. The van der Waals surface area contributed by atoms with Gasteiger partial charge in [-0.1, -0.05) is 67.6 Å². The molecule has 4 unspecified atom stereocenters. The van der Waals surface area contributed by atoms with Gasteiger partial charge in [-0.25, -0.2) is 0 Å². The first kappa shape index (κ1) is 32.4. The van der Waals surface area contributed by atoms with Crippen molar-refractivity contribution < 1.29 is 47.4 Å². The van der Waals surface area contributed by atoms with E-state index < -0.39 is 55.0 Å². The van der Waals surface area contributed by atoms with E-state index >= 15 is 0 Å². The molecule has 0 aromatic heterocycles. The van der Waals surface area contributed by atoms with E-state index in [1.807, 2.05) is 74.5 Å². The van der Waals surface area contributed by atoms with Crippen LogP contribution in [0.2, 0.25) is 0 Å². The van der Waals surface area contributed by atoms with E-state index in [1.165, 1.54) is 0 Å². The van der Waals surface area contributed by atoms with E-state index in [0.717, 1.165) is 11.1 Å². The van der Waals surface area contributed by atoms with Gasteiger partial charge in [0.25, 0.3) is 0 Å². The number of hydrogen-bond donors (Lipinski definition) is 0. The zero-order chi connectivity index (χ0) is 30.4. The molecule has 3 aliphatic rings. The molecule has 0 bridgehead atoms. The van der Waals surface area contributed by atoms with Crippen molar-refractivity contribution in [2.24, 2.45) is 5.92 Å². The van der Waals surface area contributed by atoms with Crippen LogP contribution in [0.3, 0.4) is 0 Å². The molecule has 0 aliphatic carbocycles. The molecule has 43 heavy (non-hydrogen) atoms. The van der Waals surface area contributed by atoms with E-state index in [2.05, 4.69) is 6.92 Å². The molecule has 5 rings (SSSR count). The lowest BCUT2D eigenvalue weighted by Crippen LogP contribution is -2.67. The fourth-order valence-corrected chi connectivity index (χ4v) is 6.08. The fraction of sp³-hybridized carbons (Fsp3) is 0.636. The van der Waals surface area contributed by atoms with Crippen LogP contribution in [0.1, 0.15) is 31.9 Å². The third kappa shape index (κ3) is 7.83. The summed E-state index contributed by atoms with van der Waals surface area (Å²) in [5.41, 5.74) is 2.13. The maximum absolute atomic E-state index is 6.79. The van der Waals surface area contributed by atoms with Gasteiger partial charge in [0, 0.05) is 27.2 Å². The van der Waals surface area contributed by atoms with Gasteiger partial charge in [-0.15, -0.1) is 0 Å². The topological polar surface area (TPSA) is 92.3 Å². The van der Waals surface area contributed by atoms with Crippen LogP contribution in [0.15, 0.2) is 60.7 Å². The minimum atomic E-state index is -0.786. The Balaban J connectivity index is 1.35. The number of hydrogen-bond acceptors (Lipinski definition) is 10. The van der Waals surface area contributed by atoms with Crippen molar-refractivity contribution in [2.75, 3.05) is 34.5 Å². The summed E-state index contributed by atoms with van der Waals surface area (Å²) in [5.74, 6) is -0.927. The first-order chi connectivity index (χ1) is 20.8. The average Bonchev–Trinajstić information content (AvgIpc) is 3.02. The second kappa shape index (κ2) is 14.9. The van der Waals surface area contributed by atoms with E-state index in [9.17, 15) is 0 Å². The minimum Gasteiger partial charge on any atom is -0.376 e. The van der Waals surface area contributed by atoms with Gasteiger partial charge in [0.05, 0.1) is 32.5 Å². The van der Waals surface area contributed by atoms with Gasteiger partial charge < -0.3 is 47.4 Å². The third-order valence-corrected chi connectivity index (χ3v) is 8.33. The Morgan fingerprint density at radius 1 is 0.744 bits per heavy atom. The Kier molecular flexibility index (Phi) is 11.2. The van der Waals surface area contributed by atoms with Crippen molar-refractivity contribution in [1.29, 1.82) is 0 Å². The van der Waals surface area contributed by atoms with E-state index in [1.54, 1.807) is 21.3 Å². The van der Waals surface area contributed by atoms with Gasteiger partial charge in [-0.2, -0.15) is 0 Å². The number of methoxy groups -OCH3 is 3. The van der Waals surface area contributed by atoms with Crippen LogP contribution in [-0.2, 0) is 60.6 Å². The smallest absolute Gasteiger partial charge is 0.187 e. The second-order valence-corrected chi connectivity index (χ2v) is 11.7. The lowest BCUT2D eigenvalue weighted by Gasteiger charge is -2.52.